The average Bonchev–Trinajstić information content (AvgIpc) is 2.91. The smallest absolute Gasteiger partial charge is 0.306 e. The summed E-state index contributed by atoms with van der Waals surface area (Å²) in [7, 11) is 0. The van der Waals surface area contributed by atoms with E-state index in [0.29, 0.717) is 25.4 Å². The van der Waals surface area contributed by atoms with Gasteiger partial charge < -0.3 is 9.84 Å². The van der Waals surface area contributed by atoms with Crippen LogP contribution < -0.4 is 0 Å². The fourth-order valence-electron chi connectivity index (χ4n) is 2.67. The van der Waals surface area contributed by atoms with Crippen molar-refractivity contribution in [2.45, 2.75) is 31.6 Å². The van der Waals surface area contributed by atoms with E-state index < -0.39 is 5.97 Å². The van der Waals surface area contributed by atoms with Crippen molar-refractivity contribution in [1.82, 2.24) is 9.97 Å². The molecule has 2 heterocycles. The lowest BCUT2D eigenvalue weighted by Crippen LogP contribution is -2.24. The van der Waals surface area contributed by atoms with Crippen molar-refractivity contribution < 1.29 is 14.6 Å². The number of carboxylic acids is 1. The molecule has 0 spiro atoms. The van der Waals surface area contributed by atoms with E-state index in [1.165, 1.54) is 0 Å². The number of ether oxygens (including phenoxy) is 1. The minimum atomic E-state index is -0.714. The van der Waals surface area contributed by atoms with E-state index in [-0.39, 0.29) is 5.92 Å². The molecule has 5 heteroatoms. The van der Waals surface area contributed by atoms with Gasteiger partial charge >= 0.3 is 5.97 Å². The summed E-state index contributed by atoms with van der Waals surface area (Å²) < 4.78 is 5.35. The van der Waals surface area contributed by atoms with Crippen LogP contribution in [0.5, 0.6) is 0 Å². The summed E-state index contributed by atoms with van der Waals surface area (Å²) in [5.41, 5.74) is 2.03. The third kappa shape index (κ3) is 2.10. The van der Waals surface area contributed by atoms with Gasteiger partial charge in [-0.3, -0.25) is 4.79 Å². The summed E-state index contributed by atoms with van der Waals surface area (Å²) in [6, 6.07) is 0. The van der Waals surface area contributed by atoms with Crippen LogP contribution in [0.15, 0.2) is 6.20 Å². The highest BCUT2D eigenvalue weighted by molar-refractivity contribution is 5.70. The lowest BCUT2D eigenvalue weighted by molar-refractivity contribution is -0.142. The zero-order valence-electron chi connectivity index (χ0n) is 10.1. The minimum Gasteiger partial charge on any atom is -0.481 e. The van der Waals surface area contributed by atoms with Gasteiger partial charge in [-0.15, -0.1) is 0 Å². The second-order valence-corrected chi connectivity index (χ2v) is 5.04. The van der Waals surface area contributed by atoms with Crippen molar-refractivity contribution >= 4 is 5.97 Å². The van der Waals surface area contributed by atoms with Crippen LogP contribution >= 0.6 is 0 Å². The van der Waals surface area contributed by atoms with Gasteiger partial charge in [-0.25, -0.2) is 9.97 Å². The van der Waals surface area contributed by atoms with Crippen LogP contribution in [0.3, 0.4) is 0 Å². The first-order valence-corrected chi connectivity index (χ1v) is 6.39. The van der Waals surface area contributed by atoms with Gasteiger partial charge in [0.25, 0.3) is 0 Å². The Labute approximate surface area is 105 Å². The van der Waals surface area contributed by atoms with E-state index in [4.69, 9.17) is 9.84 Å². The predicted octanol–water partition coefficient (Wildman–Crippen LogP) is 1.17. The Bertz CT molecular complexity index is 469. The molecule has 1 aliphatic heterocycles. The second-order valence-electron chi connectivity index (χ2n) is 5.04. The average molecular weight is 248 g/mol. The third-order valence-electron chi connectivity index (χ3n) is 3.81. The molecule has 5 nitrogen and oxygen atoms in total. The van der Waals surface area contributed by atoms with Gasteiger partial charge in [-0.1, -0.05) is 0 Å². The Hall–Kier alpha value is -1.49. The van der Waals surface area contributed by atoms with Crippen molar-refractivity contribution in [2.75, 3.05) is 13.2 Å². The Morgan fingerprint density at radius 1 is 1.44 bits per heavy atom. The first-order chi connectivity index (χ1) is 8.74. The number of carboxylic acid groups (broad SMARTS) is 1. The minimum absolute atomic E-state index is 0.276. The first-order valence-electron chi connectivity index (χ1n) is 6.39. The highest BCUT2D eigenvalue weighted by Crippen LogP contribution is 2.27. The van der Waals surface area contributed by atoms with E-state index >= 15 is 0 Å². The molecule has 1 aliphatic carbocycles. The van der Waals surface area contributed by atoms with Gasteiger partial charge in [0.15, 0.2) is 0 Å². The van der Waals surface area contributed by atoms with E-state index in [2.05, 4.69) is 9.97 Å². The SMILES string of the molecule is O=C(O)C1CCc2nc(C3CCOC3)ncc2C1. The lowest BCUT2D eigenvalue weighted by Gasteiger charge is -2.21. The molecule has 3 rings (SSSR count). The maximum Gasteiger partial charge on any atom is 0.306 e. The number of hydrogen-bond donors (Lipinski definition) is 1. The molecule has 1 aromatic rings. The first kappa shape index (κ1) is 11.6. The maximum atomic E-state index is 11.0. The fourth-order valence-corrected chi connectivity index (χ4v) is 2.67. The molecular formula is C13H16N2O3. The molecule has 96 valence electrons. The highest BCUT2D eigenvalue weighted by Gasteiger charge is 2.27. The maximum absolute atomic E-state index is 11.0. The summed E-state index contributed by atoms with van der Waals surface area (Å²) in [6.45, 7) is 1.49. The largest absolute Gasteiger partial charge is 0.481 e. The monoisotopic (exact) mass is 248 g/mol. The molecule has 2 atom stereocenters. The summed E-state index contributed by atoms with van der Waals surface area (Å²) in [4.78, 5) is 20.0. The molecular weight excluding hydrogens is 232 g/mol. The summed E-state index contributed by atoms with van der Waals surface area (Å²) in [5.74, 6) is 0.184. The molecule has 1 fully saturated rings. The Kier molecular flexibility index (Phi) is 2.99. The van der Waals surface area contributed by atoms with Crippen molar-refractivity contribution in [2.24, 2.45) is 5.92 Å². The van der Waals surface area contributed by atoms with Crippen LogP contribution in [0.4, 0.5) is 0 Å². The van der Waals surface area contributed by atoms with E-state index in [0.717, 1.165) is 36.5 Å². The van der Waals surface area contributed by atoms with Crippen molar-refractivity contribution in [3.63, 3.8) is 0 Å². The number of nitrogens with zero attached hydrogens (tertiary/aromatic N) is 2. The third-order valence-corrected chi connectivity index (χ3v) is 3.81. The fraction of sp³-hybridized carbons (Fsp3) is 0.615. The summed E-state index contributed by atoms with van der Waals surface area (Å²) >= 11 is 0. The molecule has 18 heavy (non-hydrogen) atoms. The van der Waals surface area contributed by atoms with Gasteiger partial charge in [0.2, 0.25) is 0 Å². The Balaban J connectivity index is 1.82. The van der Waals surface area contributed by atoms with Crippen LogP contribution in [0, 0.1) is 5.92 Å². The normalized spacial score (nSPS) is 26.9. The van der Waals surface area contributed by atoms with Gasteiger partial charge in [-0.05, 0) is 31.2 Å². The topological polar surface area (TPSA) is 72.3 Å². The molecule has 0 amide bonds. The molecule has 0 aromatic carbocycles. The number of aryl methyl sites for hydroxylation is 1. The van der Waals surface area contributed by atoms with Crippen LogP contribution in [-0.4, -0.2) is 34.3 Å². The number of aromatic nitrogens is 2. The van der Waals surface area contributed by atoms with Crippen molar-refractivity contribution in [3.8, 4) is 0 Å². The van der Waals surface area contributed by atoms with Crippen LogP contribution in [-0.2, 0) is 22.4 Å². The molecule has 2 aliphatic rings. The number of hydrogen-bond acceptors (Lipinski definition) is 4. The quantitative estimate of drug-likeness (QED) is 0.850. The Morgan fingerprint density at radius 2 is 2.33 bits per heavy atom. The van der Waals surface area contributed by atoms with Gasteiger partial charge in [0.05, 0.1) is 12.5 Å². The molecule has 2 unspecified atom stereocenters. The van der Waals surface area contributed by atoms with E-state index in [1.807, 2.05) is 6.20 Å². The predicted molar refractivity (Wildman–Crippen MR) is 63.4 cm³/mol. The molecule has 1 N–H and O–H groups in total. The number of rotatable bonds is 2. The summed E-state index contributed by atoms with van der Waals surface area (Å²) in [5, 5.41) is 9.03. The zero-order chi connectivity index (χ0) is 12.5. The standard InChI is InChI=1S/C13H16N2O3/c16-13(17)8-1-2-11-10(5-8)6-14-12(15-11)9-3-4-18-7-9/h6,8-9H,1-5,7H2,(H,16,17). The number of carbonyl (C=O) groups is 1. The highest BCUT2D eigenvalue weighted by atomic mass is 16.5. The summed E-state index contributed by atoms with van der Waals surface area (Å²) in [6.07, 6.45) is 4.78. The lowest BCUT2D eigenvalue weighted by atomic mass is 9.87. The van der Waals surface area contributed by atoms with Gasteiger partial charge in [0, 0.05) is 24.4 Å². The zero-order valence-corrected chi connectivity index (χ0v) is 10.1. The van der Waals surface area contributed by atoms with Crippen molar-refractivity contribution in [1.29, 1.82) is 0 Å². The van der Waals surface area contributed by atoms with E-state index in [9.17, 15) is 4.79 Å². The number of aliphatic carboxylic acids is 1. The van der Waals surface area contributed by atoms with Crippen molar-refractivity contribution in [3.05, 3.63) is 23.3 Å². The molecule has 0 bridgehead atoms. The van der Waals surface area contributed by atoms with Crippen LogP contribution in [0.1, 0.15) is 35.8 Å². The van der Waals surface area contributed by atoms with Crippen LogP contribution in [0.2, 0.25) is 0 Å². The van der Waals surface area contributed by atoms with Gasteiger partial charge in [0.1, 0.15) is 5.82 Å². The van der Waals surface area contributed by atoms with E-state index in [1.54, 1.807) is 0 Å². The molecule has 1 aromatic heterocycles. The second kappa shape index (κ2) is 4.65. The molecule has 0 saturated carbocycles. The van der Waals surface area contributed by atoms with Gasteiger partial charge in [-0.2, -0.15) is 0 Å². The van der Waals surface area contributed by atoms with Crippen LogP contribution in [0.25, 0.3) is 0 Å². The number of fused-ring (bicyclic) bond motifs is 1. The Morgan fingerprint density at radius 3 is 3.06 bits per heavy atom. The molecule has 0 radical (unpaired) electrons. The molecule has 1 saturated heterocycles.